The minimum Gasteiger partial charge on any atom is -0.508 e. The first-order valence-electron chi connectivity index (χ1n) is 9.07. The number of hydrogen-bond donors (Lipinski definition) is 2. The fourth-order valence-electron chi connectivity index (χ4n) is 3.78. The second kappa shape index (κ2) is 6.96. The van der Waals surface area contributed by atoms with E-state index in [9.17, 15) is 9.90 Å². The number of rotatable bonds is 4. The molecule has 4 heteroatoms. The predicted octanol–water partition coefficient (Wildman–Crippen LogP) is 3.94. The standard InChI is InChI=1S/C22H26N2O2/c1-5-17-15(4)19-11-16(25)10-13(2)21(19)24(22(17)26)20-9-7-6-8-18(20)14(3)12-23/h6-11,14,25H,5,12,23H2,1-4H3. The molecule has 0 aliphatic rings. The van der Waals surface area contributed by atoms with E-state index >= 15 is 0 Å². The number of benzene rings is 2. The van der Waals surface area contributed by atoms with Crippen LogP contribution in [0.5, 0.6) is 5.75 Å². The minimum atomic E-state index is 0.00274. The van der Waals surface area contributed by atoms with Gasteiger partial charge < -0.3 is 10.8 Å². The molecule has 0 fully saturated rings. The first-order valence-corrected chi connectivity index (χ1v) is 9.07. The van der Waals surface area contributed by atoms with Crippen LogP contribution in [0, 0.1) is 13.8 Å². The summed E-state index contributed by atoms with van der Waals surface area (Å²) in [6, 6.07) is 11.4. The highest BCUT2D eigenvalue weighted by atomic mass is 16.3. The third-order valence-corrected chi connectivity index (χ3v) is 5.24. The Hall–Kier alpha value is -2.59. The average Bonchev–Trinajstić information content (AvgIpc) is 2.62. The van der Waals surface area contributed by atoms with Gasteiger partial charge in [0, 0.05) is 10.9 Å². The molecule has 3 rings (SSSR count). The molecule has 1 atom stereocenters. The molecule has 3 aromatic rings. The molecule has 0 saturated heterocycles. The molecule has 136 valence electrons. The van der Waals surface area contributed by atoms with Crippen molar-refractivity contribution >= 4 is 10.9 Å². The smallest absolute Gasteiger partial charge is 0.259 e. The van der Waals surface area contributed by atoms with Crippen LogP contribution in [0.15, 0.2) is 41.2 Å². The van der Waals surface area contributed by atoms with Crippen LogP contribution in [0.4, 0.5) is 0 Å². The van der Waals surface area contributed by atoms with Gasteiger partial charge in [-0.1, -0.05) is 32.0 Å². The molecular formula is C22H26N2O2. The van der Waals surface area contributed by atoms with Crippen LogP contribution in [0.1, 0.15) is 42.0 Å². The molecule has 26 heavy (non-hydrogen) atoms. The SMILES string of the molecule is CCc1c(C)c2cc(O)cc(C)c2n(-c2ccccc2C(C)CN)c1=O. The van der Waals surface area contributed by atoms with E-state index in [0.29, 0.717) is 13.0 Å². The predicted molar refractivity (Wildman–Crippen MR) is 108 cm³/mol. The summed E-state index contributed by atoms with van der Waals surface area (Å²) in [5.41, 5.74) is 11.3. The van der Waals surface area contributed by atoms with E-state index in [1.54, 1.807) is 16.7 Å². The molecule has 0 amide bonds. The fourth-order valence-corrected chi connectivity index (χ4v) is 3.78. The largest absolute Gasteiger partial charge is 0.508 e. The van der Waals surface area contributed by atoms with Gasteiger partial charge in [0.2, 0.25) is 0 Å². The fraction of sp³-hybridized carbons (Fsp3) is 0.318. The number of phenols is 1. The van der Waals surface area contributed by atoms with Gasteiger partial charge >= 0.3 is 0 Å². The van der Waals surface area contributed by atoms with Gasteiger partial charge in [0.25, 0.3) is 5.56 Å². The van der Waals surface area contributed by atoms with Crippen molar-refractivity contribution in [1.29, 1.82) is 0 Å². The lowest BCUT2D eigenvalue weighted by atomic mass is 9.96. The molecule has 0 saturated carbocycles. The summed E-state index contributed by atoms with van der Waals surface area (Å²) in [7, 11) is 0. The van der Waals surface area contributed by atoms with Gasteiger partial charge in [-0.2, -0.15) is 0 Å². The Labute approximate surface area is 153 Å². The van der Waals surface area contributed by atoms with Crippen molar-refractivity contribution in [2.75, 3.05) is 6.54 Å². The maximum Gasteiger partial charge on any atom is 0.259 e. The second-order valence-electron chi connectivity index (χ2n) is 6.95. The highest BCUT2D eigenvalue weighted by molar-refractivity contribution is 5.89. The van der Waals surface area contributed by atoms with E-state index in [1.165, 1.54) is 0 Å². The van der Waals surface area contributed by atoms with Crippen molar-refractivity contribution in [1.82, 2.24) is 4.57 Å². The number of fused-ring (bicyclic) bond motifs is 1. The van der Waals surface area contributed by atoms with Gasteiger partial charge in [-0.3, -0.25) is 9.36 Å². The summed E-state index contributed by atoms with van der Waals surface area (Å²) < 4.78 is 1.80. The molecule has 0 aliphatic carbocycles. The van der Waals surface area contributed by atoms with Gasteiger partial charge in [0.1, 0.15) is 5.75 Å². The van der Waals surface area contributed by atoms with Crippen molar-refractivity contribution < 1.29 is 5.11 Å². The molecule has 3 N–H and O–H groups in total. The Morgan fingerprint density at radius 1 is 1.19 bits per heavy atom. The van der Waals surface area contributed by atoms with Crippen molar-refractivity contribution in [2.24, 2.45) is 5.73 Å². The molecule has 4 nitrogen and oxygen atoms in total. The van der Waals surface area contributed by atoms with Crippen LogP contribution < -0.4 is 11.3 Å². The third kappa shape index (κ3) is 2.80. The van der Waals surface area contributed by atoms with Crippen molar-refractivity contribution in [3.63, 3.8) is 0 Å². The number of para-hydroxylation sites is 1. The Kier molecular flexibility index (Phi) is 4.88. The van der Waals surface area contributed by atoms with Crippen LogP contribution in [0.2, 0.25) is 0 Å². The maximum absolute atomic E-state index is 13.4. The van der Waals surface area contributed by atoms with Crippen LogP contribution in [0.3, 0.4) is 0 Å². The highest BCUT2D eigenvalue weighted by Gasteiger charge is 2.19. The van der Waals surface area contributed by atoms with Crippen LogP contribution in [-0.2, 0) is 6.42 Å². The second-order valence-corrected chi connectivity index (χ2v) is 6.95. The molecule has 0 bridgehead atoms. The molecule has 1 aromatic heterocycles. The van der Waals surface area contributed by atoms with E-state index < -0.39 is 0 Å². The molecule has 2 aromatic carbocycles. The van der Waals surface area contributed by atoms with Crippen LogP contribution in [0.25, 0.3) is 16.6 Å². The molecule has 1 unspecified atom stereocenters. The lowest BCUT2D eigenvalue weighted by molar-refractivity contribution is 0.475. The summed E-state index contributed by atoms with van der Waals surface area (Å²) >= 11 is 0. The highest BCUT2D eigenvalue weighted by Crippen LogP contribution is 2.31. The zero-order valence-electron chi connectivity index (χ0n) is 15.8. The molecule has 0 spiro atoms. The van der Waals surface area contributed by atoms with E-state index in [-0.39, 0.29) is 17.2 Å². The molecule has 1 heterocycles. The van der Waals surface area contributed by atoms with Gasteiger partial charge in [-0.15, -0.1) is 0 Å². The summed E-state index contributed by atoms with van der Waals surface area (Å²) in [6.45, 7) is 8.46. The summed E-state index contributed by atoms with van der Waals surface area (Å²) in [6.07, 6.45) is 0.643. The van der Waals surface area contributed by atoms with Crippen molar-refractivity contribution in [2.45, 2.75) is 40.0 Å². The Balaban J connectivity index is 2.54. The van der Waals surface area contributed by atoms with Gasteiger partial charge in [0.05, 0.1) is 11.2 Å². The number of hydrogen-bond acceptors (Lipinski definition) is 3. The molecule has 0 aliphatic heterocycles. The molecular weight excluding hydrogens is 324 g/mol. The van der Waals surface area contributed by atoms with Crippen LogP contribution in [-0.4, -0.2) is 16.2 Å². The average molecular weight is 350 g/mol. The Morgan fingerprint density at radius 3 is 2.54 bits per heavy atom. The molecule has 0 radical (unpaired) electrons. The quantitative estimate of drug-likeness (QED) is 0.749. The number of nitrogens with two attached hydrogens (primary N) is 1. The topological polar surface area (TPSA) is 68.2 Å². The van der Waals surface area contributed by atoms with Gasteiger partial charge in [-0.25, -0.2) is 0 Å². The van der Waals surface area contributed by atoms with E-state index in [4.69, 9.17) is 5.73 Å². The summed E-state index contributed by atoms with van der Waals surface area (Å²) in [5, 5.41) is 11.0. The number of phenolic OH excluding ortho intramolecular Hbond substituents is 1. The monoisotopic (exact) mass is 350 g/mol. The Bertz CT molecular complexity index is 1030. The lowest BCUT2D eigenvalue weighted by Crippen LogP contribution is -2.26. The Morgan fingerprint density at radius 2 is 1.88 bits per heavy atom. The van der Waals surface area contributed by atoms with Crippen LogP contribution >= 0.6 is 0 Å². The minimum absolute atomic E-state index is 0.00274. The number of aryl methyl sites for hydroxylation is 2. The van der Waals surface area contributed by atoms with E-state index in [1.807, 2.05) is 45.0 Å². The number of aromatic nitrogens is 1. The zero-order chi connectivity index (χ0) is 19.0. The number of pyridine rings is 1. The maximum atomic E-state index is 13.4. The first kappa shape index (κ1) is 18.2. The first-order chi connectivity index (χ1) is 12.4. The van der Waals surface area contributed by atoms with E-state index in [2.05, 4.69) is 6.92 Å². The summed E-state index contributed by atoms with van der Waals surface area (Å²) in [5.74, 6) is 0.353. The summed E-state index contributed by atoms with van der Waals surface area (Å²) in [4.78, 5) is 13.4. The zero-order valence-corrected chi connectivity index (χ0v) is 15.8. The van der Waals surface area contributed by atoms with Gasteiger partial charge in [0.15, 0.2) is 0 Å². The van der Waals surface area contributed by atoms with Gasteiger partial charge in [-0.05, 0) is 67.6 Å². The van der Waals surface area contributed by atoms with Crippen molar-refractivity contribution in [3.05, 3.63) is 69.0 Å². The number of aromatic hydroxyl groups is 1. The number of nitrogens with zero attached hydrogens (tertiary/aromatic N) is 1. The normalized spacial score (nSPS) is 12.5. The third-order valence-electron chi connectivity index (χ3n) is 5.24. The van der Waals surface area contributed by atoms with Crippen molar-refractivity contribution in [3.8, 4) is 11.4 Å². The van der Waals surface area contributed by atoms with E-state index in [0.717, 1.165) is 38.8 Å². The lowest BCUT2D eigenvalue weighted by Gasteiger charge is -2.21.